The molecule has 0 bridgehead atoms. The minimum Gasteiger partial charge on any atom is -0.495 e. The van der Waals surface area contributed by atoms with Crippen molar-refractivity contribution in [3.05, 3.63) is 89.5 Å². The molecule has 2 aromatic rings. The standard InChI is InChI=1S/C22H25FN2O.C2H7N/c1-17(20-7-5-4-6-8-20)9-14-22(26-3)18(2)25-16-24-15-19-10-12-21(23)13-11-19;1-3-2/h4-14,24H,15-16H2,1-3H3;3H,1-2H3/b17-9+,22-14+,25-18+;. The van der Waals surface area contributed by atoms with Crippen molar-refractivity contribution in [3.63, 3.8) is 0 Å². The molecule has 0 heterocycles. The summed E-state index contributed by atoms with van der Waals surface area (Å²) in [5.41, 5.74) is 4.16. The SMILES string of the molecule is CNC.COC(=C/C=C(\C)c1ccccc1)/C(C)=N/CNCc1ccc(F)cc1. The van der Waals surface area contributed by atoms with Gasteiger partial charge in [-0.1, -0.05) is 48.5 Å². The van der Waals surface area contributed by atoms with E-state index in [0.717, 1.165) is 22.6 Å². The van der Waals surface area contributed by atoms with E-state index in [-0.39, 0.29) is 5.82 Å². The van der Waals surface area contributed by atoms with Crippen molar-refractivity contribution < 1.29 is 9.13 Å². The molecule has 0 unspecified atom stereocenters. The summed E-state index contributed by atoms with van der Waals surface area (Å²) in [5.74, 6) is 0.500. The van der Waals surface area contributed by atoms with E-state index in [0.29, 0.717) is 13.2 Å². The van der Waals surface area contributed by atoms with Crippen LogP contribution < -0.4 is 10.6 Å². The molecule has 0 aliphatic rings. The number of aliphatic imine (C=N–C) groups is 1. The first-order valence-corrected chi connectivity index (χ1v) is 9.54. The van der Waals surface area contributed by atoms with Gasteiger partial charge in [0.15, 0.2) is 0 Å². The topological polar surface area (TPSA) is 45.6 Å². The Bertz CT molecular complexity index is 797. The summed E-state index contributed by atoms with van der Waals surface area (Å²) < 4.78 is 18.3. The number of nitrogens with one attached hydrogen (secondary N) is 2. The van der Waals surface area contributed by atoms with E-state index in [1.807, 2.05) is 51.4 Å². The fraction of sp³-hybridized carbons (Fsp3) is 0.292. The average molecular weight is 398 g/mol. The molecule has 0 saturated heterocycles. The molecule has 0 spiro atoms. The Morgan fingerprint density at radius 2 is 1.62 bits per heavy atom. The number of ether oxygens (including phenoxy) is 1. The van der Waals surface area contributed by atoms with Gasteiger partial charge in [-0.15, -0.1) is 0 Å². The summed E-state index contributed by atoms with van der Waals surface area (Å²) in [5, 5.41) is 5.96. The van der Waals surface area contributed by atoms with Gasteiger partial charge < -0.3 is 10.1 Å². The Kier molecular flexibility index (Phi) is 11.9. The highest BCUT2D eigenvalue weighted by Gasteiger charge is 2.01. The number of methoxy groups -OCH3 is 1. The molecule has 5 heteroatoms. The number of hydrogen-bond acceptors (Lipinski definition) is 4. The third-order valence-electron chi connectivity index (χ3n) is 3.96. The quantitative estimate of drug-likeness (QED) is 0.291. The zero-order valence-corrected chi connectivity index (χ0v) is 18.0. The maximum Gasteiger partial charge on any atom is 0.139 e. The predicted octanol–water partition coefficient (Wildman–Crippen LogP) is 4.80. The number of nitrogens with zero attached hydrogens (tertiary/aromatic N) is 1. The highest BCUT2D eigenvalue weighted by Crippen LogP contribution is 2.13. The first-order chi connectivity index (χ1) is 14.0. The van der Waals surface area contributed by atoms with E-state index < -0.39 is 0 Å². The monoisotopic (exact) mass is 397 g/mol. The maximum atomic E-state index is 12.9. The van der Waals surface area contributed by atoms with Crippen LogP contribution in [0.1, 0.15) is 25.0 Å². The van der Waals surface area contributed by atoms with Crippen LogP contribution in [0.5, 0.6) is 0 Å². The van der Waals surface area contributed by atoms with Crippen molar-refractivity contribution in [1.82, 2.24) is 10.6 Å². The number of halogens is 1. The van der Waals surface area contributed by atoms with E-state index in [1.165, 1.54) is 17.7 Å². The first-order valence-electron chi connectivity index (χ1n) is 9.54. The normalized spacial score (nSPS) is 12.3. The van der Waals surface area contributed by atoms with Gasteiger partial charge in [0, 0.05) is 6.54 Å². The lowest BCUT2D eigenvalue weighted by atomic mass is 10.1. The summed E-state index contributed by atoms with van der Waals surface area (Å²) >= 11 is 0. The lowest BCUT2D eigenvalue weighted by molar-refractivity contribution is 0.314. The molecule has 0 aromatic heterocycles. The van der Waals surface area contributed by atoms with Gasteiger partial charge in [-0.2, -0.15) is 0 Å². The van der Waals surface area contributed by atoms with Gasteiger partial charge in [-0.25, -0.2) is 4.39 Å². The lowest BCUT2D eigenvalue weighted by Gasteiger charge is -2.07. The number of hydrogen-bond donors (Lipinski definition) is 2. The average Bonchev–Trinajstić information content (AvgIpc) is 2.74. The molecule has 2 rings (SSSR count). The summed E-state index contributed by atoms with van der Waals surface area (Å²) in [6.45, 7) is 5.08. The molecule has 0 saturated carbocycles. The first kappa shape index (κ1) is 24.3. The van der Waals surface area contributed by atoms with Crippen molar-refractivity contribution in [2.45, 2.75) is 20.4 Å². The Labute approximate surface area is 174 Å². The van der Waals surface area contributed by atoms with Crippen LogP contribution in [0.2, 0.25) is 0 Å². The Morgan fingerprint density at radius 1 is 1.00 bits per heavy atom. The molecular weight excluding hydrogens is 365 g/mol. The third kappa shape index (κ3) is 9.83. The molecule has 0 aliphatic heterocycles. The molecule has 29 heavy (non-hydrogen) atoms. The fourth-order valence-corrected chi connectivity index (χ4v) is 2.39. The van der Waals surface area contributed by atoms with E-state index in [2.05, 4.69) is 34.7 Å². The smallest absolute Gasteiger partial charge is 0.139 e. The van der Waals surface area contributed by atoms with Crippen LogP contribution in [0.3, 0.4) is 0 Å². The molecule has 4 nitrogen and oxygen atoms in total. The summed E-state index contributed by atoms with van der Waals surface area (Å²) in [7, 11) is 5.39. The Morgan fingerprint density at radius 3 is 2.21 bits per heavy atom. The number of allylic oxidation sites excluding steroid dienone is 4. The van der Waals surface area contributed by atoms with E-state index in [1.54, 1.807) is 19.2 Å². The van der Waals surface area contributed by atoms with Crippen LogP contribution in [0.4, 0.5) is 4.39 Å². The van der Waals surface area contributed by atoms with E-state index in [9.17, 15) is 4.39 Å². The van der Waals surface area contributed by atoms with Gasteiger partial charge in [0.1, 0.15) is 11.6 Å². The van der Waals surface area contributed by atoms with Crippen LogP contribution in [0, 0.1) is 5.82 Å². The lowest BCUT2D eigenvalue weighted by Crippen LogP contribution is -2.15. The van der Waals surface area contributed by atoms with Crippen molar-refractivity contribution >= 4 is 11.3 Å². The molecule has 2 aromatic carbocycles. The van der Waals surface area contributed by atoms with Gasteiger partial charge in [0.05, 0.1) is 19.5 Å². The van der Waals surface area contributed by atoms with Gasteiger partial charge in [0.25, 0.3) is 0 Å². The second-order valence-corrected chi connectivity index (χ2v) is 6.41. The van der Waals surface area contributed by atoms with Gasteiger partial charge in [-0.3, -0.25) is 10.3 Å². The maximum absolute atomic E-state index is 12.9. The van der Waals surface area contributed by atoms with Crippen molar-refractivity contribution in [2.75, 3.05) is 27.9 Å². The Balaban J connectivity index is 0.00000132. The molecule has 0 radical (unpaired) electrons. The van der Waals surface area contributed by atoms with Gasteiger partial charge in [-0.05, 0) is 62.9 Å². The molecule has 0 fully saturated rings. The van der Waals surface area contributed by atoms with Crippen molar-refractivity contribution in [2.24, 2.45) is 4.99 Å². The minimum absolute atomic E-state index is 0.226. The fourth-order valence-electron chi connectivity index (χ4n) is 2.39. The van der Waals surface area contributed by atoms with Crippen LogP contribution in [-0.2, 0) is 11.3 Å². The summed E-state index contributed by atoms with van der Waals surface area (Å²) in [6, 6.07) is 16.6. The summed E-state index contributed by atoms with van der Waals surface area (Å²) in [4.78, 5) is 4.49. The highest BCUT2D eigenvalue weighted by molar-refractivity contribution is 5.96. The molecular formula is C24H32FN3O. The van der Waals surface area contributed by atoms with E-state index in [4.69, 9.17) is 4.74 Å². The largest absolute Gasteiger partial charge is 0.495 e. The van der Waals surface area contributed by atoms with Crippen molar-refractivity contribution in [3.8, 4) is 0 Å². The van der Waals surface area contributed by atoms with Gasteiger partial charge in [0.2, 0.25) is 0 Å². The molecule has 0 aliphatic carbocycles. The van der Waals surface area contributed by atoms with Crippen LogP contribution in [0.25, 0.3) is 5.57 Å². The highest BCUT2D eigenvalue weighted by atomic mass is 19.1. The minimum atomic E-state index is -0.226. The van der Waals surface area contributed by atoms with Crippen LogP contribution in [-0.4, -0.2) is 33.6 Å². The van der Waals surface area contributed by atoms with Gasteiger partial charge >= 0.3 is 0 Å². The molecule has 0 atom stereocenters. The third-order valence-corrected chi connectivity index (χ3v) is 3.96. The molecule has 0 amide bonds. The zero-order valence-electron chi connectivity index (χ0n) is 18.0. The Hall–Kier alpha value is -2.76. The molecule has 156 valence electrons. The molecule has 2 N–H and O–H groups in total. The number of benzene rings is 2. The second kappa shape index (κ2) is 14.3. The van der Waals surface area contributed by atoms with E-state index >= 15 is 0 Å². The van der Waals surface area contributed by atoms with Crippen molar-refractivity contribution in [1.29, 1.82) is 0 Å². The van der Waals surface area contributed by atoms with Crippen LogP contribution >= 0.6 is 0 Å². The van der Waals surface area contributed by atoms with Crippen LogP contribution in [0.15, 0.2) is 77.5 Å². The summed E-state index contributed by atoms with van der Waals surface area (Å²) in [6.07, 6.45) is 3.96. The predicted molar refractivity (Wildman–Crippen MR) is 121 cm³/mol. The zero-order chi connectivity index (χ0) is 21.5. The number of rotatable bonds is 8. The second-order valence-electron chi connectivity index (χ2n) is 6.41.